The van der Waals surface area contributed by atoms with Crippen molar-refractivity contribution in [1.29, 1.82) is 0 Å². The molecule has 2 aromatic rings. The fraction of sp³-hybridized carbons (Fsp3) is 0.0833. The molecule has 0 atom stereocenters. The Balaban J connectivity index is 2.39. The number of hydrogen-bond donors (Lipinski definition) is 1. The van der Waals surface area contributed by atoms with Gasteiger partial charge in [0.05, 0.1) is 0 Å². The van der Waals surface area contributed by atoms with E-state index in [-0.39, 0.29) is 22.3 Å². The van der Waals surface area contributed by atoms with Gasteiger partial charge in [-0.15, -0.1) is 10.2 Å². The normalized spacial score (nSPS) is 10.1. The van der Waals surface area contributed by atoms with Crippen LogP contribution in [-0.4, -0.2) is 21.3 Å². The molecule has 0 aliphatic carbocycles. The second kappa shape index (κ2) is 5.01. The van der Waals surface area contributed by atoms with Gasteiger partial charge in [0.15, 0.2) is 5.15 Å². The molecule has 0 aliphatic rings. The highest BCUT2D eigenvalue weighted by Crippen LogP contribution is 2.27. The van der Waals surface area contributed by atoms with E-state index in [0.717, 1.165) is 0 Å². The van der Waals surface area contributed by atoms with Crippen LogP contribution in [-0.2, 0) is 0 Å². The lowest BCUT2D eigenvalue weighted by Gasteiger charge is -2.10. The van der Waals surface area contributed by atoms with Gasteiger partial charge in [0, 0.05) is 6.07 Å². The van der Waals surface area contributed by atoms with Crippen LogP contribution >= 0.6 is 11.6 Å². The van der Waals surface area contributed by atoms with Gasteiger partial charge in [-0.2, -0.15) is 0 Å². The highest BCUT2D eigenvalue weighted by molar-refractivity contribution is 6.29. The highest BCUT2D eigenvalue weighted by Gasteiger charge is 2.14. The largest absolute Gasteiger partial charge is 0.478 e. The molecule has 0 radical (unpaired) electrons. The van der Waals surface area contributed by atoms with Crippen molar-refractivity contribution in [3.05, 3.63) is 46.6 Å². The van der Waals surface area contributed by atoms with Crippen molar-refractivity contribution in [2.45, 2.75) is 6.92 Å². The molecule has 18 heavy (non-hydrogen) atoms. The summed E-state index contributed by atoms with van der Waals surface area (Å²) < 4.78 is 5.44. The molecule has 2 rings (SSSR count). The van der Waals surface area contributed by atoms with Crippen LogP contribution in [0.25, 0.3) is 0 Å². The Morgan fingerprint density at radius 2 is 2.06 bits per heavy atom. The summed E-state index contributed by atoms with van der Waals surface area (Å²) in [6.07, 6.45) is 0. The maximum absolute atomic E-state index is 11.1. The summed E-state index contributed by atoms with van der Waals surface area (Å²) in [7, 11) is 0. The van der Waals surface area contributed by atoms with Gasteiger partial charge in [-0.25, -0.2) is 4.79 Å². The number of carboxylic acid groups (broad SMARTS) is 1. The number of aromatic nitrogens is 2. The molecular weight excluding hydrogens is 256 g/mol. The van der Waals surface area contributed by atoms with E-state index >= 15 is 0 Å². The zero-order chi connectivity index (χ0) is 13.1. The van der Waals surface area contributed by atoms with Gasteiger partial charge in [0.2, 0.25) is 5.88 Å². The molecule has 5 nitrogen and oxygen atoms in total. The van der Waals surface area contributed by atoms with E-state index in [2.05, 4.69) is 10.2 Å². The lowest BCUT2D eigenvalue weighted by molar-refractivity contribution is 0.0694. The lowest BCUT2D eigenvalue weighted by Crippen LogP contribution is -2.02. The van der Waals surface area contributed by atoms with Crippen LogP contribution in [0.15, 0.2) is 30.3 Å². The second-order valence-electron chi connectivity index (χ2n) is 3.55. The average molecular weight is 265 g/mol. The number of hydrogen-bond acceptors (Lipinski definition) is 4. The monoisotopic (exact) mass is 264 g/mol. The number of nitrogens with zero attached hydrogens (tertiary/aromatic N) is 2. The molecule has 0 unspecified atom stereocenters. The first kappa shape index (κ1) is 12.3. The molecule has 6 heteroatoms. The van der Waals surface area contributed by atoms with Crippen molar-refractivity contribution in [2.24, 2.45) is 0 Å². The third-order valence-electron chi connectivity index (χ3n) is 2.26. The summed E-state index contributed by atoms with van der Waals surface area (Å²) in [6, 6.07) is 7.91. The minimum atomic E-state index is -1.06. The topological polar surface area (TPSA) is 72.3 Å². The van der Waals surface area contributed by atoms with Crippen LogP contribution in [0.4, 0.5) is 0 Å². The first-order valence-corrected chi connectivity index (χ1v) is 5.45. The van der Waals surface area contributed by atoms with Crippen molar-refractivity contribution in [1.82, 2.24) is 10.2 Å². The quantitative estimate of drug-likeness (QED) is 0.923. The molecule has 0 aliphatic heterocycles. The fourth-order valence-electron chi connectivity index (χ4n) is 1.42. The van der Waals surface area contributed by atoms with Crippen LogP contribution in [0.1, 0.15) is 15.9 Å². The van der Waals surface area contributed by atoms with Gasteiger partial charge >= 0.3 is 5.97 Å². The summed E-state index contributed by atoms with van der Waals surface area (Å²) in [5, 5.41) is 16.7. The second-order valence-corrected chi connectivity index (χ2v) is 3.94. The van der Waals surface area contributed by atoms with Crippen molar-refractivity contribution >= 4 is 17.6 Å². The predicted molar refractivity (Wildman–Crippen MR) is 65.3 cm³/mol. The van der Waals surface area contributed by atoms with Gasteiger partial charge in [0.1, 0.15) is 11.3 Å². The number of aromatic carboxylic acids is 1. The molecule has 0 saturated heterocycles. The van der Waals surface area contributed by atoms with Crippen molar-refractivity contribution < 1.29 is 14.6 Å². The standard InChI is InChI=1S/C12H9ClN2O3/c1-7-3-2-4-8(12(16)17)11(7)18-10-6-5-9(13)14-15-10/h2-6H,1H3,(H,16,17). The van der Waals surface area contributed by atoms with E-state index in [9.17, 15) is 4.79 Å². The van der Waals surface area contributed by atoms with E-state index in [1.54, 1.807) is 19.1 Å². The zero-order valence-electron chi connectivity index (χ0n) is 9.42. The smallest absolute Gasteiger partial charge is 0.339 e. The Hall–Kier alpha value is -2.14. The number of rotatable bonds is 3. The molecule has 92 valence electrons. The Morgan fingerprint density at radius 1 is 1.28 bits per heavy atom. The Morgan fingerprint density at radius 3 is 2.67 bits per heavy atom. The van der Waals surface area contributed by atoms with E-state index in [4.69, 9.17) is 21.4 Å². The number of halogens is 1. The number of carbonyl (C=O) groups is 1. The molecule has 1 aromatic carbocycles. The lowest BCUT2D eigenvalue weighted by atomic mass is 10.1. The van der Waals surface area contributed by atoms with Gasteiger partial charge in [-0.05, 0) is 24.6 Å². The number of para-hydroxylation sites is 1. The first-order valence-electron chi connectivity index (χ1n) is 5.08. The molecule has 1 aromatic heterocycles. The molecule has 1 N–H and O–H groups in total. The Labute approximate surface area is 108 Å². The maximum Gasteiger partial charge on any atom is 0.339 e. The van der Waals surface area contributed by atoms with Crippen LogP contribution in [0, 0.1) is 6.92 Å². The van der Waals surface area contributed by atoms with Crippen LogP contribution in [0.3, 0.4) is 0 Å². The van der Waals surface area contributed by atoms with Crippen molar-refractivity contribution in [3.63, 3.8) is 0 Å². The van der Waals surface area contributed by atoms with Gasteiger partial charge in [-0.1, -0.05) is 23.7 Å². The van der Waals surface area contributed by atoms with Gasteiger partial charge < -0.3 is 9.84 Å². The van der Waals surface area contributed by atoms with Gasteiger partial charge in [0.25, 0.3) is 0 Å². The van der Waals surface area contributed by atoms with Crippen LogP contribution in [0.5, 0.6) is 11.6 Å². The number of ether oxygens (including phenoxy) is 1. The van der Waals surface area contributed by atoms with E-state index in [1.165, 1.54) is 18.2 Å². The number of benzene rings is 1. The number of aryl methyl sites for hydroxylation is 1. The van der Waals surface area contributed by atoms with Crippen molar-refractivity contribution in [3.8, 4) is 11.6 Å². The molecule has 0 amide bonds. The average Bonchev–Trinajstić information content (AvgIpc) is 2.34. The Kier molecular flexibility index (Phi) is 3.43. The molecule has 1 heterocycles. The van der Waals surface area contributed by atoms with Crippen LogP contribution in [0.2, 0.25) is 5.15 Å². The van der Waals surface area contributed by atoms with Crippen LogP contribution < -0.4 is 4.74 Å². The van der Waals surface area contributed by atoms with Crippen molar-refractivity contribution in [2.75, 3.05) is 0 Å². The van der Waals surface area contributed by atoms with E-state index in [1.807, 2.05) is 0 Å². The predicted octanol–water partition coefficient (Wildman–Crippen LogP) is 2.93. The third-order valence-corrected chi connectivity index (χ3v) is 2.46. The van der Waals surface area contributed by atoms with E-state index < -0.39 is 5.97 Å². The van der Waals surface area contributed by atoms with E-state index in [0.29, 0.717) is 5.56 Å². The molecule has 0 fully saturated rings. The third kappa shape index (κ3) is 2.57. The molecule has 0 saturated carbocycles. The summed E-state index contributed by atoms with van der Waals surface area (Å²) in [6.45, 7) is 1.76. The summed E-state index contributed by atoms with van der Waals surface area (Å²) in [5.41, 5.74) is 0.776. The number of carboxylic acids is 1. The zero-order valence-corrected chi connectivity index (χ0v) is 10.2. The SMILES string of the molecule is Cc1cccc(C(=O)O)c1Oc1ccc(Cl)nn1. The fourth-order valence-corrected chi connectivity index (χ4v) is 1.52. The van der Waals surface area contributed by atoms with Gasteiger partial charge in [-0.3, -0.25) is 0 Å². The minimum absolute atomic E-state index is 0.0757. The Bertz CT molecular complexity index is 584. The minimum Gasteiger partial charge on any atom is -0.478 e. The maximum atomic E-state index is 11.1. The molecular formula is C12H9ClN2O3. The molecule has 0 spiro atoms. The summed E-state index contributed by atoms with van der Waals surface area (Å²) in [4.78, 5) is 11.1. The highest BCUT2D eigenvalue weighted by atomic mass is 35.5. The molecule has 0 bridgehead atoms. The summed E-state index contributed by atoms with van der Waals surface area (Å²) >= 11 is 5.60. The first-order chi connectivity index (χ1) is 8.58. The summed E-state index contributed by atoms with van der Waals surface area (Å²) in [5.74, 6) is -0.617.